The van der Waals surface area contributed by atoms with Crippen LogP contribution in [0.1, 0.15) is 51.6 Å². The molecule has 0 aliphatic heterocycles. The highest BCUT2D eigenvalue weighted by Gasteiger charge is 2.26. The van der Waals surface area contributed by atoms with Gasteiger partial charge in [-0.2, -0.15) is 5.10 Å². The van der Waals surface area contributed by atoms with Gasteiger partial charge in [0, 0.05) is 37.1 Å². The number of likely N-dealkylation sites (N-methyl/N-ethyl adjacent to an activating group) is 1. The Morgan fingerprint density at radius 1 is 1.55 bits per heavy atom. The van der Waals surface area contributed by atoms with Crippen LogP contribution in [0.2, 0.25) is 0 Å². The van der Waals surface area contributed by atoms with Crippen molar-refractivity contribution in [2.45, 2.75) is 45.6 Å². The summed E-state index contributed by atoms with van der Waals surface area (Å²) in [5.41, 5.74) is 1.88. The van der Waals surface area contributed by atoms with Crippen LogP contribution >= 0.6 is 11.3 Å². The lowest BCUT2D eigenvalue weighted by molar-refractivity contribution is 0.0783. The Hall–Kier alpha value is -1.69. The number of hydrogen-bond acceptors (Lipinski definition) is 4. The summed E-state index contributed by atoms with van der Waals surface area (Å²) in [7, 11) is 1.87. The van der Waals surface area contributed by atoms with Crippen molar-refractivity contribution < 1.29 is 4.79 Å². The van der Waals surface area contributed by atoms with Gasteiger partial charge in [-0.15, -0.1) is 11.3 Å². The number of aryl methyl sites for hydroxylation is 3. The van der Waals surface area contributed by atoms with Crippen molar-refractivity contribution in [3.05, 3.63) is 33.5 Å². The molecule has 5 nitrogen and oxygen atoms in total. The Bertz CT molecular complexity index is 675. The van der Waals surface area contributed by atoms with E-state index in [1.54, 1.807) is 22.2 Å². The molecule has 3 rings (SSSR count). The van der Waals surface area contributed by atoms with E-state index < -0.39 is 0 Å². The highest BCUT2D eigenvalue weighted by molar-refractivity contribution is 7.11. The van der Waals surface area contributed by atoms with Gasteiger partial charge in [-0.25, -0.2) is 4.98 Å². The Labute approximate surface area is 135 Å². The Morgan fingerprint density at radius 2 is 2.36 bits per heavy atom. The molecule has 0 aromatic carbocycles. The van der Waals surface area contributed by atoms with Crippen molar-refractivity contribution in [3.63, 3.8) is 0 Å². The molecule has 0 saturated carbocycles. The predicted octanol–water partition coefficient (Wildman–Crippen LogP) is 2.86. The quantitative estimate of drug-likeness (QED) is 0.871. The molecule has 2 aromatic rings. The third kappa shape index (κ3) is 2.92. The van der Waals surface area contributed by atoms with E-state index in [1.807, 2.05) is 25.1 Å². The zero-order valence-corrected chi connectivity index (χ0v) is 14.2. The molecule has 0 spiro atoms. The molecule has 2 aromatic heterocycles. The number of fused-ring (bicyclic) bond motifs is 1. The largest absolute Gasteiger partial charge is 0.341 e. The molecular formula is C16H22N4OS. The summed E-state index contributed by atoms with van der Waals surface area (Å²) >= 11 is 1.80. The van der Waals surface area contributed by atoms with Crippen LogP contribution in [-0.4, -0.2) is 39.2 Å². The summed E-state index contributed by atoms with van der Waals surface area (Å²) in [5.74, 6) is 0.405. The van der Waals surface area contributed by atoms with Crippen LogP contribution in [0.25, 0.3) is 0 Å². The third-order valence-corrected chi connectivity index (χ3v) is 5.27. The highest BCUT2D eigenvalue weighted by Crippen LogP contribution is 2.35. The van der Waals surface area contributed by atoms with Crippen LogP contribution in [0.15, 0.2) is 12.4 Å². The SMILES string of the molecule is CCn1cc(C(=O)N(C)C[C@@H]2CCCc3sc(C)nc32)cn1. The normalized spacial score (nSPS) is 17.3. The van der Waals surface area contributed by atoms with Crippen LogP contribution < -0.4 is 0 Å². The summed E-state index contributed by atoms with van der Waals surface area (Å²) in [4.78, 5) is 20.4. The van der Waals surface area contributed by atoms with Crippen molar-refractivity contribution in [2.75, 3.05) is 13.6 Å². The van der Waals surface area contributed by atoms with E-state index in [9.17, 15) is 4.79 Å². The van der Waals surface area contributed by atoms with Gasteiger partial charge < -0.3 is 4.90 Å². The minimum absolute atomic E-state index is 0.0405. The smallest absolute Gasteiger partial charge is 0.256 e. The summed E-state index contributed by atoms with van der Waals surface area (Å²) < 4.78 is 1.78. The third-order valence-electron chi connectivity index (χ3n) is 4.22. The van der Waals surface area contributed by atoms with Crippen molar-refractivity contribution in [2.24, 2.45) is 0 Å². The van der Waals surface area contributed by atoms with Gasteiger partial charge in [-0.3, -0.25) is 9.48 Å². The first kappa shape index (κ1) is 15.2. The molecule has 0 radical (unpaired) electrons. The standard InChI is InChI=1S/C16H22N4OS/c1-4-20-10-13(8-17-20)16(21)19(3)9-12-6-5-7-14-15(12)18-11(2)22-14/h8,10,12H,4-7,9H2,1-3H3/t12-/m0/s1. The fraction of sp³-hybridized carbons (Fsp3) is 0.562. The molecule has 0 unspecified atom stereocenters. The molecule has 1 aliphatic rings. The number of aromatic nitrogens is 3. The average molecular weight is 318 g/mol. The predicted molar refractivity (Wildman–Crippen MR) is 87.4 cm³/mol. The lowest BCUT2D eigenvalue weighted by Crippen LogP contribution is -2.32. The fourth-order valence-corrected chi connectivity index (χ4v) is 4.15. The molecule has 22 heavy (non-hydrogen) atoms. The number of carbonyl (C=O) groups is 1. The van der Waals surface area contributed by atoms with Crippen LogP contribution in [-0.2, 0) is 13.0 Å². The molecule has 0 bridgehead atoms. The molecule has 0 saturated heterocycles. The molecule has 1 amide bonds. The van der Waals surface area contributed by atoms with Crippen LogP contribution in [0.5, 0.6) is 0 Å². The molecule has 1 aliphatic carbocycles. The summed E-state index contributed by atoms with van der Waals surface area (Å²) in [6, 6.07) is 0. The van der Waals surface area contributed by atoms with E-state index in [2.05, 4.69) is 12.0 Å². The molecule has 1 atom stereocenters. The topological polar surface area (TPSA) is 51.0 Å². The van der Waals surface area contributed by atoms with Crippen LogP contribution in [0.3, 0.4) is 0 Å². The van der Waals surface area contributed by atoms with Gasteiger partial charge in [0.05, 0.1) is 22.5 Å². The van der Waals surface area contributed by atoms with E-state index in [4.69, 9.17) is 4.98 Å². The van der Waals surface area contributed by atoms with Gasteiger partial charge >= 0.3 is 0 Å². The monoisotopic (exact) mass is 318 g/mol. The first-order valence-electron chi connectivity index (χ1n) is 7.82. The maximum absolute atomic E-state index is 12.5. The van der Waals surface area contributed by atoms with E-state index in [0.29, 0.717) is 11.5 Å². The maximum Gasteiger partial charge on any atom is 0.256 e. The Balaban J connectivity index is 1.71. The van der Waals surface area contributed by atoms with E-state index in [0.717, 1.165) is 30.9 Å². The van der Waals surface area contributed by atoms with E-state index in [1.165, 1.54) is 17.0 Å². The number of nitrogens with zero attached hydrogens (tertiary/aromatic N) is 4. The first-order valence-corrected chi connectivity index (χ1v) is 8.64. The minimum atomic E-state index is 0.0405. The molecule has 6 heteroatoms. The summed E-state index contributed by atoms with van der Waals surface area (Å²) in [6.07, 6.45) is 6.91. The Kier molecular flexibility index (Phi) is 4.29. The van der Waals surface area contributed by atoms with Gasteiger partial charge in [-0.05, 0) is 33.1 Å². The van der Waals surface area contributed by atoms with Crippen LogP contribution in [0.4, 0.5) is 0 Å². The number of hydrogen-bond donors (Lipinski definition) is 0. The first-order chi connectivity index (χ1) is 10.6. The molecule has 0 fully saturated rings. The van der Waals surface area contributed by atoms with Crippen molar-refractivity contribution in [1.29, 1.82) is 0 Å². The van der Waals surface area contributed by atoms with Crippen molar-refractivity contribution >= 4 is 17.2 Å². The van der Waals surface area contributed by atoms with Gasteiger partial charge in [0.1, 0.15) is 0 Å². The maximum atomic E-state index is 12.5. The second-order valence-electron chi connectivity index (χ2n) is 5.90. The summed E-state index contributed by atoms with van der Waals surface area (Å²) in [6.45, 7) is 5.58. The Morgan fingerprint density at radius 3 is 3.09 bits per heavy atom. The van der Waals surface area contributed by atoms with E-state index in [-0.39, 0.29) is 5.91 Å². The number of thiazole rings is 1. The second kappa shape index (κ2) is 6.20. The van der Waals surface area contributed by atoms with Gasteiger partial charge in [0.15, 0.2) is 0 Å². The molecular weight excluding hydrogens is 296 g/mol. The van der Waals surface area contributed by atoms with Gasteiger partial charge in [0.2, 0.25) is 0 Å². The minimum Gasteiger partial charge on any atom is -0.341 e. The highest BCUT2D eigenvalue weighted by atomic mass is 32.1. The molecule has 0 N–H and O–H groups in total. The van der Waals surface area contributed by atoms with Crippen LogP contribution in [0, 0.1) is 6.92 Å². The molecule has 118 valence electrons. The lowest BCUT2D eigenvalue weighted by atomic mass is 9.90. The van der Waals surface area contributed by atoms with Gasteiger partial charge in [-0.1, -0.05) is 0 Å². The molecule has 2 heterocycles. The van der Waals surface area contributed by atoms with E-state index >= 15 is 0 Å². The zero-order valence-electron chi connectivity index (χ0n) is 13.4. The fourth-order valence-electron chi connectivity index (χ4n) is 3.09. The number of rotatable bonds is 4. The zero-order chi connectivity index (χ0) is 15.7. The summed E-state index contributed by atoms with van der Waals surface area (Å²) in [5, 5.41) is 5.32. The van der Waals surface area contributed by atoms with Gasteiger partial charge in [0.25, 0.3) is 5.91 Å². The second-order valence-corrected chi connectivity index (χ2v) is 7.19. The lowest BCUT2D eigenvalue weighted by Gasteiger charge is -2.26. The van der Waals surface area contributed by atoms with Crippen molar-refractivity contribution in [1.82, 2.24) is 19.7 Å². The average Bonchev–Trinajstić information content (AvgIpc) is 3.12. The van der Waals surface area contributed by atoms with Crippen molar-refractivity contribution in [3.8, 4) is 0 Å². The number of carbonyl (C=O) groups excluding carboxylic acids is 1. The number of amides is 1.